The Balaban J connectivity index is 1.96. The molecule has 88 valence electrons. The van der Waals surface area contributed by atoms with E-state index in [0.717, 1.165) is 12.0 Å². The van der Waals surface area contributed by atoms with Crippen molar-refractivity contribution < 1.29 is 0 Å². The Kier molecular flexibility index (Phi) is 4.00. The van der Waals surface area contributed by atoms with Gasteiger partial charge in [-0.3, -0.25) is 0 Å². The molecule has 16 heavy (non-hydrogen) atoms. The highest BCUT2D eigenvalue weighted by Crippen LogP contribution is 2.27. The molecular weight excluding hydrogens is 194 g/mol. The number of hydrogen-bond donors (Lipinski definition) is 1. The molecule has 1 aliphatic carbocycles. The van der Waals surface area contributed by atoms with Crippen LogP contribution in [0.5, 0.6) is 0 Å². The third-order valence-corrected chi connectivity index (χ3v) is 3.74. The second-order valence-corrected chi connectivity index (χ2v) is 5.15. The van der Waals surface area contributed by atoms with Crippen LogP contribution in [0.3, 0.4) is 0 Å². The van der Waals surface area contributed by atoms with Crippen LogP contribution in [0.2, 0.25) is 0 Å². The lowest BCUT2D eigenvalue weighted by Crippen LogP contribution is -2.30. The lowest BCUT2D eigenvalue weighted by Gasteiger charge is -2.22. The zero-order valence-corrected chi connectivity index (χ0v) is 10.4. The van der Waals surface area contributed by atoms with Gasteiger partial charge in [0.25, 0.3) is 0 Å². The van der Waals surface area contributed by atoms with Gasteiger partial charge in [-0.05, 0) is 37.2 Å². The Morgan fingerprint density at radius 1 is 1.25 bits per heavy atom. The van der Waals surface area contributed by atoms with Gasteiger partial charge in [-0.25, -0.2) is 0 Å². The van der Waals surface area contributed by atoms with Crippen molar-refractivity contribution >= 4 is 0 Å². The number of rotatable bonds is 4. The van der Waals surface area contributed by atoms with Gasteiger partial charge in [-0.1, -0.05) is 44.2 Å². The zero-order chi connectivity index (χ0) is 11.4. The van der Waals surface area contributed by atoms with E-state index in [4.69, 9.17) is 0 Å². The molecule has 0 saturated heterocycles. The quantitative estimate of drug-likeness (QED) is 0.806. The molecule has 2 rings (SSSR count). The fourth-order valence-electron chi connectivity index (χ4n) is 2.78. The summed E-state index contributed by atoms with van der Waals surface area (Å²) in [6, 6.07) is 12.1. The Hall–Kier alpha value is -0.820. The molecule has 0 heterocycles. The minimum absolute atomic E-state index is 0.538. The lowest BCUT2D eigenvalue weighted by atomic mass is 10.0. The van der Waals surface area contributed by atoms with E-state index in [1.807, 2.05) is 0 Å². The molecule has 1 N–H and O–H groups in total. The molecule has 3 unspecified atom stereocenters. The van der Waals surface area contributed by atoms with E-state index in [1.54, 1.807) is 0 Å². The van der Waals surface area contributed by atoms with Crippen molar-refractivity contribution in [1.82, 2.24) is 5.32 Å². The maximum atomic E-state index is 3.81. The van der Waals surface area contributed by atoms with Crippen LogP contribution >= 0.6 is 0 Å². The first-order valence-electron chi connectivity index (χ1n) is 6.60. The van der Waals surface area contributed by atoms with Gasteiger partial charge in [0.1, 0.15) is 0 Å². The van der Waals surface area contributed by atoms with Crippen molar-refractivity contribution in [3.63, 3.8) is 0 Å². The van der Waals surface area contributed by atoms with Crippen LogP contribution in [0.4, 0.5) is 0 Å². The van der Waals surface area contributed by atoms with Gasteiger partial charge in [-0.15, -0.1) is 0 Å². The fourth-order valence-corrected chi connectivity index (χ4v) is 2.78. The van der Waals surface area contributed by atoms with E-state index in [-0.39, 0.29) is 0 Å². The number of nitrogens with one attached hydrogen (secondary N) is 1. The van der Waals surface area contributed by atoms with E-state index < -0.39 is 0 Å². The van der Waals surface area contributed by atoms with Crippen molar-refractivity contribution in [3.05, 3.63) is 35.9 Å². The van der Waals surface area contributed by atoms with Crippen molar-refractivity contribution in [1.29, 1.82) is 0 Å². The molecule has 0 amide bonds. The molecule has 1 aliphatic rings. The normalized spacial score (nSPS) is 26.9. The number of benzene rings is 1. The van der Waals surface area contributed by atoms with Crippen LogP contribution < -0.4 is 5.32 Å². The minimum atomic E-state index is 0.538. The molecule has 0 aromatic heterocycles. The van der Waals surface area contributed by atoms with Gasteiger partial charge >= 0.3 is 0 Å². The molecule has 1 saturated carbocycles. The summed E-state index contributed by atoms with van der Waals surface area (Å²) in [5, 5.41) is 3.81. The van der Waals surface area contributed by atoms with Crippen molar-refractivity contribution in [2.24, 2.45) is 5.92 Å². The maximum absolute atomic E-state index is 3.81. The van der Waals surface area contributed by atoms with Gasteiger partial charge in [0.2, 0.25) is 0 Å². The van der Waals surface area contributed by atoms with Crippen LogP contribution in [0.25, 0.3) is 0 Å². The van der Waals surface area contributed by atoms with Crippen molar-refractivity contribution in [2.75, 3.05) is 0 Å². The van der Waals surface area contributed by atoms with Crippen LogP contribution in [0.1, 0.15) is 51.1 Å². The minimum Gasteiger partial charge on any atom is -0.307 e. The molecular formula is C15H23N. The van der Waals surface area contributed by atoms with Crippen LogP contribution in [-0.4, -0.2) is 6.04 Å². The SMILES string of the molecule is CCC(NC1CCC(C)C1)c1ccccc1. The van der Waals surface area contributed by atoms with Crippen LogP contribution in [0.15, 0.2) is 30.3 Å². The first-order chi connectivity index (χ1) is 7.79. The third-order valence-electron chi connectivity index (χ3n) is 3.74. The van der Waals surface area contributed by atoms with E-state index in [9.17, 15) is 0 Å². The summed E-state index contributed by atoms with van der Waals surface area (Å²) in [7, 11) is 0. The van der Waals surface area contributed by atoms with Crippen LogP contribution in [0, 0.1) is 5.92 Å². The number of hydrogen-bond acceptors (Lipinski definition) is 1. The standard InChI is InChI=1S/C15H23N/c1-3-15(13-7-5-4-6-8-13)16-14-10-9-12(2)11-14/h4-8,12,14-16H,3,9-11H2,1-2H3. The van der Waals surface area contributed by atoms with Crippen molar-refractivity contribution in [3.8, 4) is 0 Å². The second-order valence-electron chi connectivity index (χ2n) is 5.15. The summed E-state index contributed by atoms with van der Waals surface area (Å²) in [4.78, 5) is 0. The largest absolute Gasteiger partial charge is 0.307 e. The predicted octanol–water partition coefficient (Wildman–Crippen LogP) is 3.92. The van der Waals surface area contributed by atoms with Gasteiger partial charge in [0.15, 0.2) is 0 Å². The summed E-state index contributed by atoms with van der Waals surface area (Å²) < 4.78 is 0. The summed E-state index contributed by atoms with van der Waals surface area (Å²) in [6.45, 7) is 4.63. The van der Waals surface area contributed by atoms with Crippen LogP contribution in [-0.2, 0) is 0 Å². The van der Waals surface area contributed by atoms with Gasteiger partial charge in [0.05, 0.1) is 0 Å². The molecule has 1 nitrogen and oxygen atoms in total. The fraction of sp³-hybridized carbons (Fsp3) is 0.600. The third kappa shape index (κ3) is 2.85. The molecule has 1 aromatic rings. The Morgan fingerprint density at radius 3 is 2.56 bits per heavy atom. The smallest absolute Gasteiger partial charge is 0.0320 e. The molecule has 1 fully saturated rings. The highest BCUT2D eigenvalue weighted by Gasteiger charge is 2.23. The average Bonchev–Trinajstić information content (AvgIpc) is 2.73. The molecule has 1 heteroatoms. The predicted molar refractivity (Wildman–Crippen MR) is 69.4 cm³/mol. The second kappa shape index (κ2) is 5.49. The molecule has 0 bridgehead atoms. The Bertz CT molecular complexity index is 306. The topological polar surface area (TPSA) is 12.0 Å². The molecule has 0 radical (unpaired) electrons. The molecule has 0 aliphatic heterocycles. The molecule has 1 aromatic carbocycles. The van der Waals surface area contributed by atoms with Crippen molar-refractivity contribution in [2.45, 2.75) is 51.6 Å². The summed E-state index contributed by atoms with van der Waals surface area (Å²) in [5.74, 6) is 0.908. The first-order valence-corrected chi connectivity index (χ1v) is 6.60. The van der Waals surface area contributed by atoms with E-state index in [0.29, 0.717) is 6.04 Å². The van der Waals surface area contributed by atoms with Gasteiger partial charge < -0.3 is 5.32 Å². The maximum Gasteiger partial charge on any atom is 0.0320 e. The van der Waals surface area contributed by atoms with E-state index >= 15 is 0 Å². The van der Waals surface area contributed by atoms with E-state index in [2.05, 4.69) is 49.5 Å². The van der Waals surface area contributed by atoms with E-state index in [1.165, 1.54) is 31.2 Å². The average molecular weight is 217 g/mol. The zero-order valence-electron chi connectivity index (χ0n) is 10.4. The monoisotopic (exact) mass is 217 g/mol. The summed E-state index contributed by atoms with van der Waals surface area (Å²) in [5.41, 5.74) is 1.43. The highest BCUT2D eigenvalue weighted by molar-refractivity contribution is 5.18. The Morgan fingerprint density at radius 2 is 2.00 bits per heavy atom. The summed E-state index contributed by atoms with van der Waals surface area (Å²) in [6.07, 6.45) is 5.27. The molecule has 0 spiro atoms. The highest BCUT2D eigenvalue weighted by atomic mass is 15.0. The Labute approximate surface area is 99.3 Å². The summed E-state index contributed by atoms with van der Waals surface area (Å²) >= 11 is 0. The van der Waals surface area contributed by atoms with Gasteiger partial charge in [-0.2, -0.15) is 0 Å². The van der Waals surface area contributed by atoms with Gasteiger partial charge in [0, 0.05) is 12.1 Å². The molecule has 3 atom stereocenters. The lowest BCUT2D eigenvalue weighted by molar-refractivity contribution is 0.421. The first kappa shape index (κ1) is 11.7.